The van der Waals surface area contributed by atoms with Crippen molar-refractivity contribution in [1.29, 1.82) is 0 Å². The number of nitrogens with one attached hydrogen (secondary N) is 2. The Bertz CT molecular complexity index is 1030. The molecule has 0 bridgehead atoms. The van der Waals surface area contributed by atoms with Crippen molar-refractivity contribution < 1.29 is 27.4 Å². The van der Waals surface area contributed by atoms with Crippen molar-refractivity contribution in [1.82, 2.24) is 4.72 Å². The molecule has 2 aromatic rings. The van der Waals surface area contributed by atoms with Crippen molar-refractivity contribution in [2.45, 2.75) is 11.3 Å². The van der Waals surface area contributed by atoms with Crippen LogP contribution in [0.25, 0.3) is 0 Å². The molecule has 13 heteroatoms. The molecule has 0 unspecified atom stereocenters. The summed E-state index contributed by atoms with van der Waals surface area (Å²) in [6.45, 7) is -0.297. The van der Waals surface area contributed by atoms with Crippen LogP contribution in [0.1, 0.15) is 6.42 Å². The first-order valence-corrected chi connectivity index (χ1v) is 9.06. The lowest BCUT2D eigenvalue weighted by atomic mass is 10.2. The molecule has 0 aliphatic rings. The van der Waals surface area contributed by atoms with Gasteiger partial charge in [0.2, 0.25) is 21.7 Å². The summed E-state index contributed by atoms with van der Waals surface area (Å²) in [5.41, 5.74) is -1.10. The fraction of sp³-hybridized carbons (Fsp3) is 0.133. The maximum Gasteiger partial charge on any atom is 0.306 e. The summed E-state index contributed by atoms with van der Waals surface area (Å²) >= 11 is 0. The number of anilines is 1. The first-order chi connectivity index (χ1) is 13.1. The number of sulfonamides is 1. The minimum Gasteiger partial charge on any atom is -0.326 e. The van der Waals surface area contributed by atoms with Gasteiger partial charge in [-0.3, -0.25) is 25.0 Å². The lowest BCUT2D eigenvalue weighted by Crippen LogP contribution is -2.27. The van der Waals surface area contributed by atoms with Crippen molar-refractivity contribution >= 4 is 33.0 Å². The molecule has 0 atom stereocenters. The van der Waals surface area contributed by atoms with Gasteiger partial charge in [-0.25, -0.2) is 13.1 Å². The normalized spacial score (nSPS) is 11.0. The summed E-state index contributed by atoms with van der Waals surface area (Å²) in [7, 11) is -3.99. The third-order valence-electron chi connectivity index (χ3n) is 3.43. The Morgan fingerprint density at radius 1 is 1.04 bits per heavy atom. The van der Waals surface area contributed by atoms with Gasteiger partial charge in [0, 0.05) is 36.9 Å². The van der Waals surface area contributed by atoms with Crippen LogP contribution in [0.15, 0.2) is 47.4 Å². The first kappa shape index (κ1) is 20.9. The van der Waals surface area contributed by atoms with E-state index in [9.17, 15) is 37.8 Å². The van der Waals surface area contributed by atoms with Crippen LogP contribution in [-0.2, 0) is 14.8 Å². The third kappa shape index (κ3) is 5.28. The van der Waals surface area contributed by atoms with Crippen LogP contribution in [0, 0.1) is 26.0 Å². The Morgan fingerprint density at radius 2 is 1.68 bits per heavy atom. The number of hydrogen-bond donors (Lipinski definition) is 2. The van der Waals surface area contributed by atoms with Gasteiger partial charge in [0.25, 0.3) is 5.69 Å². The summed E-state index contributed by atoms with van der Waals surface area (Å²) in [6.07, 6.45) is -0.308. The van der Waals surface area contributed by atoms with E-state index in [1.165, 1.54) is 0 Å². The van der Waals surface area contributed by atoms with E-state index in [0.29, 0.717) is 0 Å². The van der Waals surface area contributed by atoms with Crippen LogP contribution in [0.4, 0.5) is 21.5 Å². The van der Waals surface area contributed by atoms with Gasteiger partial charge in [-0.15, -0.1) is 0 Å². The van der Waals surface area contributed by atoms with Crippen LogP contribution >= 0.6 is 0 Å². The molecule has 148 valence electrons. The maximum absolute atomic E-state index is 13.3. The van der Waals surface area contributed by atoms with Crippen LogP contribution < -0.4 is 10.0 Å². The largest absolute Gasteiger partial charge is 0.326 e. The molecule has 1 amide bonds. The van der Waals surface area contributed by atoms with E-state index in [2.05, 4.69) is 10.0 Å². The van der Waals surface area contributed by atoms with E-state index in [-0.39, 0.29) is 29.2 Å². The standard InChI is InChI=1S/C15H13FN4O7S/c16-13-6-1-10(9-14(13)20(24)25)18-15(21)7-8-17-28(26,27)12-4-2-11(3-5-12)19(22)23/h1-6,9,17H,7-8H2,(H,18,21). The molecule has 0 heterocycles. The first-order valence-electron chi connectivity index (χ1n) is 7.58. The summed E-state index contributed by atoms with van der Waals surface area (Å²) in [5, 5.41) is 23.5. The van der Waals surface area contributed by atoms with Crippen LogP contribution in [-0.4, -0.2) is 30.7 Å². The van der Waals surface area contributed by atoms with Crippen molar-refractivity contribution in [3.05, 3.63) is 68.5 Å². The minimum atomic E-state index is -3.99. The van der Waals surface area contributed by atoms with Gasteiger partial charge < -0.3 is 5.32 Å². The molecule has 0 fully saturated rings. The molecular weight excluding hydrogens is 399 g/mol. The number of non-ortho nitro benzene ring substituents is 1. The Balaban J connectivity index is 1.93. The topological polar surface area (TPSA) is 162 Å². The monoisotopic (exact) mass is 412 g/mol. The zero-order valence-corrected chi connectivity index (χ0v) is 14.8. The molecule has 11 nitrogen and oxygen atoms in total. The molecule has 2 rings (SSSR count). The fourth-order valence-electron chi connectivity index (χ4n) is 2.08. The molecule has 0 aliphatic carbocycles. The van der Waals surface area contributed by atoms with E-state index >= 15 is 0 Å². The number of halogens is 1. The van der Waals surface area contributed by atoms with Gasteiger partial charge in [0.15, 0.2) is 0 Å². The van der Waals surface area contributed by atoms with Gasteiger partial charge in [0.05, 0.1) is 14.7 Å². The number of nitro groups is 2. The zero-order chi connectivity index (χ0) is 20.9. The minimum absolute atomic E-state index is 0.0173. The SMILES string of the molecule is O=C(CCNS(=O)(=O)c1ccc([N+](=O)[O-])cc1)Nc1ccc(F)c([N+](=O)[O-])c1. The zero-order valence-electron chi connectivity index (χ0n) is 14.0. The van der Waals surface area contributed by atoms with Gasteiger partial charge in [-0.05, 0) is 24.3 Å². The molecule has 0 radical (unpaired) electrons. The number of amides is 1. The van der Waals surface area contributed by atoms with Crippen molar-refractivity contribution in [2.75, 3.05) is 11.9 Å². The van der Waals surface area contributed by atoms with Gasteiger partial charge >= 0.3 is 5.69 Å². The van der Waals surface area contributed by atoms with Gasteiger partial charge in [0.1, 0.15) is 0 Å². The number of carbonyl (C=O) groups excluding carboxylic acids is 1. The van der Waals surface area contributed by atoms with Crippen LogP contribution in [0.2, 0.25) is 0 Å². The highest BCUT2D eigenvalue weighted by atomic mass is 32.2. The van der Waals surface area contributed by atoms with Crippen LogP contribution in [0.3, 0.4) is 0 Å². The molecule has 2 aromatic carbocycles. The summed E-state index contributed by atoms with van der Waals surface area (Å²) < 4.78 is 39.6. The highest BCUT2D eigenvalue weighted by Crippen LogP contribution is 2.21. The van der Waals surface area contributed by atoms with Crippen molar-refractivity contribution in [3.8, 4) is 0 Å². The number of rotatable bonds is 8. The van der Waals surface area contributed by atoms with Crippen molar-refractivity contribution in [2.24, 2.45) is 0 Å². The smallest absolute Gasteiger partial charge is 0.306 e. The number of nitrogens with zero attached hydrogens (tertiary/aromatic N) is 2. The molecule has 2 N–H and O–H groups in total. The molecule has 0 saturated heterocycles. The van der Waals surface area contributed by atoms with E-state index in [4.69, 9.17) is 0 Å². The van der Waals surface area contributed by atoms with E-state index in [1.54, 1.807) is 0 Å². The molecule has 0 spiro atoms. The number of nitro benzene ring substituents is 2. The quantitative estimate of drug-likeness (QED) is 0.494. The second-order valence-corrected chi connectivity index (χ2v) is 7.14. The number of benzene rings is 2. The lowest BCUT2D eigenvalue weighted by molar-refractivity contribution is -0.387. The Morgan fingerprint density at radius 3 is 2.25 bits per heavy atom. The van der Waals surface area contributed by atoms with Crippen molar-refractivity contribution in [3.63, 3.8) is 0 Å². The van der Waals surface area contributed by atoms with E-state index in [1.807, 2.05) is 0 Å². The average molecular weight is 412 g/mol. The Hall–Kier alpha value is -3.45. The lowest BCUT2D eigenvalue weighted by Gasteiger charge is -2.08. The summed E-state index contributed by atoms with van der Waals surface area (Å²) in [5.74, 6) is -1.72. The van der Waals surface area contributed by atoms with Crippen LogP contribution in [0.5, 0.6) is 0 Å². The highest BCUT2D eigenvalue weighted by Gasteiger charge is 2.17. The molecule has 0 saturated carbocycles. The van der Waals surface area contributed by atoms with Gasteiger partial charge in [-0.2, -0.15) is 4.39 Å². The van der Waals surface area contributed by atoms with E-state index in [0.717, 1.165) is 42.5 Å². The highest BCUT2D eigenvalue weighted by molar-refractivity contribution is 7.89. The maximum atomic E-state index is 13.3. The number of carbonyl (C=O) groups is 1. The Kier molecular flexibility index (Phi) is 6.33. The summed E-state index contributed by atoms with van der Waals surface area (Å²) in [6, 6.07) is 6.96. The van der Waals surface area contributed by atoms with E-state index < -0.39 is 37.3 Å². The Labute approximate surface area is 157 Å². The predicted molar refractivity (Wildman–Crippen MR) is 94.6 cm³/mol. The average Bonchev–Trinajstić information content (AvgIpc) is 2.63. The molecule has 0 aromatic heterocycles. The van der Waals surface area contributed by atoms with Gasteiger partial charge in [-0.1, -0.05) is 0 Å². The number of hydrogen-bond acceptors (Lipinski definition) is 7. The molecule has 28 heavy (non-hydrogen) atoms. The fourth-order valence-corrected chi connectivity index (χ4v) is 3.11. The second kappa shape index (κ2) is 8.49. The molecular formula is C15H13FN4O7S. The third-order valence-corrected chi connectivity index (χ3v) is 4.91. The predicted octanol–water partition coefficient (Wildman–Crippen LogP) is 1.95. The summed E-state index contributed by atoms with van der Waals surface area (Å²) in [4.78, 5) is 31.3. The second-order valence-electron chi connectivity index (χ2n) is 5.37. The molecule has 0 aliphatic heterocycles.